The molecule has 0 N–H and O–H groups in total. The van der Waals surface area contributed by atoms with E-state index in [0.717, 1.165) is 3.14 Å². The highest BCUT2D eigenvalue weighted by molar-refractivity contribution is 14.1. The number of halogens is 1. The standard InChI is InChI=1S/C8H5IS3/c1-4-2-3-5(9)7-6(4)11-8(10)12-7/h2-3H,1H3. The lowest BCUT2D eigenvalue weighted by molar-refractivity contribution is 1.55. The molecule has 1 heterocycles. The summed E-state index contributed by atoms with van der Waals surface area (Å²) in [6.07, 6.45) is 0. The molecule has 4 heteroatoms. The normalized spacial score (nSPS) is 10.8. The third kappa shape index (κ3) is 1.45. The Morgan fingerprint density at radius 2 is 1.92 bits per heavy atom. The van der Waals surface area contributed by atoms with Gasteiger partial charge >= 0.3 is 0 Å². The zero-order valence-electron chi connectivity index (χ0n) is 6.26. The van der Waals surface area contributed by atoms with Crippen LogP contribution in [-0.2, 0) is 0 Å². The van der Waals surface area contributed by atoms with Crippen molar-refractivity contribution in [2.24, 2.45) is 0 Å². The van der Waals surface area contributed by atoms with Crippen LogP contribution in [0.3, 0.4) is 0 Å². The van der Waals surface area contributed by atoms with Crippen LogP contribution in [0, 0.1) is 13.6 Å². The van der Waals surface area contributed by atoms with Crippen LogP contribution in [-0.4, -0.2) is 0 Å². The molecule has 0 bridgehead atoms. The number of benzene rings is 1. The summed E-state index contributed by atoms with van der Waals surface area (Å²) in [5.74, 6) is 0. The fourth-order valence-electron chi connectivity index (χ4n) is 1.05. The van der Waals surface area contributed by atoms with Crippen molar-refractivity contribution in [1.82, 2.24) is 0 Å². The lowest BCUT2D eigenvalue weighted by Crippen LogP contribution is -1.73. The largest absolute Gasteiger partial charge is 0.144 e. The van der Waals surface area contributed by atoms with E-state index in [-0.39, 0.29) is 0 Å². The summed E-state index contributed by atoms with van der Waals surface area (Å²) in [6, 6.07) is 4.30. The molecule has 0 fully saturated rings. The second-order valence-electron chi connectivity index (χ2n) is 2.48. The molecule has 62 valence electrons. The molecular weight excluding hydrogens is 319 g/mol. The van der Waals surface area contributed by atoms with E-state index in [1.54, 1.807) is 22.7 Å². The Kier molecular flexibility index (Phi) is 2.51. The average Bonchev–Trinajstić information content (AvgIpc) is 2.41. The molecule has 0 saturated carbocycles. The van der Waals surface area contributed by atoms with Gasteiger partial charge in [-0.2, -0.15) is 0 Å². The molecule has 2 rings (SSSR count). The van der Waals surface area contributed by atoms with Crippen molar-refractivity contribution in [3.63, 3.8) is 0 Å². The highest BCUT2D eigenvalue weighted by Crippen LogP contribution is 2.33. The molecule has 0 aliphatic heterocycles. The Balaban J connectivity index is 3.03. The molecule has 0 nitrogen and oxygen atoms in total. The lowest BCUT2D eigenvalue weighted by atomic mass is 10.2. The third-order valence-corrected chi connectivity index (χ3v) is 5.72. The molecule has 0 amide bonds. The number of hydrogen-bond donors (Lipinski definition) is 0. The smallest absolute Gasteiger partial charge is 0.112 e. The van der Waals surface area contributed by atoms with Gasteiger partial charge in [0.25, 0.3) is 0 Å². The van der Waals surface area contributed by atoms with Crippen molar-refractivity contribution < 1.29 is 0 Å². The van der Waals surface area contributed by atoms with Crippen LogP contribution in [0.5, 0.6) is 0 Å². The molecule has 0 spiro atoms. The third-order valence-electron chi connectivity index (χ3n) is 1.63. The Labute approximate surface area is 97.4 Å². The summed E-state index contributed by atoms with van der Waals surface area (Å²) in [6.45, 7) is 2.14. The minimum absolute atomic E-state index is 1.03. The van der Waals surface area contributed by atoms with Gasteiger partial charge in [-0.25, -0.2) is 0 Å². The van der Waals surface area contributed by atoms with Crippen LogP contribution in [0.4, 0.5) is 0 Å². The molecule has 1 aromatic carbocycles. The van der Waals surface area contributed by atoms with E-state index in [0.29, 0.717) is 0 Å². The first-order chi connectivity index (χ1) is 5.68. The van der Waals surface area contributed by atoms with Gasteiger partial charge in [0.2, 0.25) is 0 Å². The van der Waals surface area contributed by atoms with Gasteiger partial charge < -0.3 is 0 Å². The number of rotatable bonds is 0. The van der Waals surface area contributed by atoms with E-state index in [4.69, 9.17) is 12.2 Å². The minimum Gasteiger partial charge on any atom is -0.112 e. The average molecular weight is 324 g/mol. The lowest BCUT2D eigenvalue weighted by Gasteiger charge is -1.95. The highest BCUT2D eigenvalue weighted by atomic mass is 127. The Bertz CT molecular complexity index is 438. The van der Waals surface area contributed by atoms with E-state index in [9.17, 15) is 0 Å². The van der Waals surface area contributed by atoms with Crippen LogP contribution in [0.2, 0.25) is 0 Å². The van der Waals surface area contributed by atoms with Crippen molar-refractivity contribution in [2.75, 3.05) is 0 Å². The highest BCUT2D eigenvalue weighted by Gasteiger charge is 2.04. The summed E-state index contributed by atoms with van der Waals surface area (Å²) in [5, 5.41) is 0. The van der Waals surface area contributed by atoms with Crippen LogP contribution in [0.1, 0.15) is 5.56 Å². The second-order valence-corrected chi connectivity index (χ2v) is 6.86. The van der Waals surface area contributed by atoms with Gasteiger partial charge in [-0.15, -0.1) is 22.7 Å². The quantitative estimate of drug-likeness (QED) is 0.504. The van der Waals surface area contributed by atoms with Crippen molar-refractivity contribution in [3.05, 3.63) is 24.4 Å². The van der Waals surface area contributed by atoms with Crippen LogP contribution in [0.25, 0.3) is 9.40 Å². The first-order valence-electron chi connectivity index (χ1n) is 3.37. The van der Waals surface area contributed by atoms with Gasteiger partial charge in [-0.3, -0.25) is 0 Å². The summed E-state index contributed by atoms with van der Waals surface area (Å²) in [4.78, 5) is 0. The van der Waals surface area contributed by atoms with Crippen molar-refractivity contribution in [3.8, 4) is 0 Å². The minimum atomic E-state index is 1.03. The van der Waals surface area contributed by atoms with Gasteiger partial charge in [-0.1, -0.05) is 18.3 Å². The Hall–Kier alpha value is 0.480. The number of fused-ring (bicyclic) bond motifs is 1. The van der Waals surface area contributed by atoms with E-state index in [2.05, 4.69) is 41.6 Å². The molecule has 2 aromatic rings. The predicted molar refractivity (Wildman–Crippen MR) is 68.0 cm³/mol. The van der Waals surface area contributed by atoms with Crippen molar-refractivity contribution >= 4 is 66.9 Å². The maximum Gasteiger partial charge on any atom is 0.144 e. The van der Waals surface area contributed by atoms with Crippen LogP contribution >= 0.6 is 57.5 Å². The fraction of sp³-hybridized carbons (Fsp3) is 0.125. The zero-order valence-corrected chi connectivity index (χ0v) is 10.9. The maximum absolute atomic E-state index is 5.17. The van der Waals surface area contributed by atoms with Crippen molar-refractivity contribution in [1.29, 1.82) is 0 Å². The van der Waals surface area contributed by atoms with Crippen molar-refractivity contribution in [2.45, 2.75) is 6.92 Å². The molecule has 0 atom stereocenters. The molecule has 0 radical (unpaired) electrons. The summed E-state index contributed by atoms with van der Waals surface area (Å²) >= 11 is 11.0. The maximum atomic E-state index is 5.17. The van der Waals surface area contributed by atoms with E-state index in [1.165, 1.54) is 18.5 Å². The number of hydrogen-bond acceptors (Lipinski definition) is 3. The van der Waals surface area contributed by atoms with Crippen LogP contribution < -0.4 is 0 Å². The molecular formula is C8H5IS3. The van der Waals surface area contributed by atoms with E-state index >= 15 is 0 Å². The monoisotopic (exact) mass is 324 g/mol. The topological polar surface area (TPSA) is 0 Å². The molecule has 0 saturated heterocycles. The molecule has 0 aliphatic rings. The molecule has 12 heavy (non-hydrogen) atoms. The van der Waals surface area contributed by atoms with E-state index < -0.39 is 0 Å². The summed E-state index contributed by atoms with van der Waals surface area (Å²) < 4.78 is 5.05. The predicted octanol–water partition coefficient (Wildman–Crippen LogP) is 4.61. The number of aryl methyl sites for hydroxylation is 1. The van der Waals surface area contributed by atoms with Crippen LogP contribution in [0.15, 0.2) is 12.1 Å². The zero-order chi connectivity index (χ0) is 8.72. The second kappa shape index (κ2) is 3.32. The van der Waals surface area contributed by atoms with Gasteiger partial charge in [0.15, 0.2) is 0 Å². The van der Waals surface area contributed by atoms with Gasteiger partial charge in [0.05, 0.1) is 9.40 Å². The SMILES string of the molecule is Cc1ccc(I)c2sc(=S)sc12. The van der Waals surface area contributed by atoms with Gasteiger partial charge in [-0.05, 0) is 41.1 Å². The fourth-order valence-corrected chi connectivity index (χ4v) is 4.61. The Morgan fingerprint density at radius 3 is 2.58 bits per heavy atom. The summed E-state index contributed by atoms with van der Waals surface area (Å²) in [7, 11) is 0. The molecule has 0 unspecified atom stereocenters. The first-order valence-corrected chi connectivity index (χ1v) is 6.49. The summed E-state index contributed by atoms with van der Waals surface area (Å²) in [5.41, 5.74) is 1.34. The van der Waals surface area contributed by atoms with E-state index in [1.807, 2.05) is 0 Å². The first kappa shape index (κ1) is 9.05. The van der Waals surface area contributed by atoms with Gasteiger partial charge in [0, 0.05) is 3.57 Å². The Morgan fingerprint density at radius 1 is 1.25 bits per heavy atom. The van der Waals surface area contributed by atoms with Gasteiger partial charge in [0.1, 0.15) is 3.14 Å². The molecule has 0 aliphatic carbocycles. The molecule has 1 aromatic heterocycles.